The van der Waals surface area contributed by atoms with Gasteiger partial charge >= 0.3 is 0 Å². The molecule has 0 saturated heterocycles. The van der Waals surface area contributed by atoms with Crippen molar-refractivity contribution in [2.24, 2.45) is 0 Å². The number of nitrogens with one attached hydrogen (secondary N) is 2. The van der Waals surface area contributed by atoms with Crippen LogP contribution in [0.15, 0.2) is 22.7 Å². The molecule has 4 nitrogen and oxygen atoms in total. The Labute approximate surface area is 123 Å². The Morgan fingerprint density at radius 2 is 2.21 bits per heavy atom. The van der Waals surface area contributed by atoms with E-state index < -0.39 is 0 Å². The number of amides is 1. The predicted octanol–water partition coefficient (Wildman–Crippen LogP) is 2.46. The molecule has 1 amide bonds. The lowest BCUT2D eigenvalue weighted by Gasteiger charge is -2.13. The van der Waals surface area contributed by atoms with Gasteiger partial charge < -0.3 is 15.4 Å². The molecule has 1 aromatic rings. The maximum absolute atomic E-state index is 11.6. The molecule has 0 atom stereocenters. The van der Waals surface area contributed by atoms with Gasteiger partial charge in [-0.15, -0.1) is 0 Å². The van der Waals surface area contributed by atoms with E-state index in [1.165, 1.54) is 0 Å². The molecule has 0 heterocycles. The highest BCUT2D eigenvalue weighted by Crippen LogP contribution is 2.28. The fourth-order valence-electron chi connectivity index (χ4n) is 1.64. The zero-order chi connectivity index (χ0) is 14.1. The Morgan fingerprint density at radius 1 is 1.42 bits per heavy atom. The predicted molar refractivity (Wildman–Crippen MR) is 80.3 cm³/mol. The minimum Gasteiger partial charge on any atom is -0.482 e. The summed E-state index contributed by atoms with van der Waals surface area (Å²) in [6, 6.07) is 5.83. The van der Waals surface area contributed by atoms with Crippen molar-refractivity contribution < 1.29 is 9.53 Å². The van der Waals surface area contributed by atoms with E-state index in [0.717, 1.165) is 28.6 Å². The Bertz CT molecular complexity index is 410. The second-order valence-electron chi connectivity index (χ2n) is 4.25. The highest BCUT2D eigenvalue weighted by Gasteiger charge is 2.09. The first-order valence-electron chi connectivity index (χ1n) is 6.50. The molecular weight excluding hydrogens is 308 g/mol. The Kier molecular flexibility index (Phi) is 7.52. The monoisotopic (exact) mass is 328 g/mol. The second kappa shape index (κ2) is 8.93. The van der Waals surface area contributed by atoms with Crippen LogP contribution in [0.2, 0.25) is 0 Å². The molecule has 0 aliphatic heterocycles. The van der Waals surface area contributed by atoms with Gasteiger partial charge in [0.15, 0.2) is 6.61 Å². The number of rotatable bonds is 8. The molecule has 0 saturated carbocycles. The molecule has 0 bridgehead atoms. The smallest absolute Gasteiger partial charge is 0.257 e. The summed E-state index contributed by atoms with van der Waals surface area (Å²) in [5.74, 6) is 0.641. The molecule has 1 aromatic carbocycles. The average Bonchev–Trinajstić information content (AvgIpc) is 2.39. The summed E-state index contributed by atoms with van der Waals surface area (Å²) >= 11 is 3.45. The van der Waals surface area contributed by atoms with Gasteiger partial charge in [-0.2, -0.15) is 0 Å². The van der Waals surface area contributed by atoms with Gasteiger partial charge in [0.1, 0.15) is 5.75 Å². The molecule has 2 N–H and O–H groups in total. The topological polar surface area (TPSA) is 50.4 Å². The van der Waals surface area contributed by atoms with Crippen LogP contribution < -0.4 is 15.4 Å². The van der Waals surface area contributed by atoms with E-state index in [2.05, 4.69) is 33.5 Å². The van der Waals surface area contributed by atoms with Gasteiger partial charge in [-0.1, -0.05) is 25.5 Å². The average molecular weight is 329 g/mol. The van der Waals surface area contributed by atoms with Crippen molar-refractivity contribution >= 4 is 21.8 Å². The van der Waals surface area contributed by atoms with E-state index in [1.807, 2.05) is 25.2 Å². The van der Waals surface area contributed by atoms with Crippen LogP contribution in [0, 0.1) is 0 Å². The molecule has 106 valence electrons. The van der Waals surface area contributed by atoms with Gasteiger partial charge in [-0.25, -0.2) is 0 Å². The van der Waals surface area contributed by atoms with Crippen molar-refractivity contribution in [3.05, 3.63) is 28.2 Å². The molecule has 0 aliphatic rings. The Morgan fingerprint density at radius 3 is 2.89 bits per heavy atom. The standard InChI is InChI=1S/C14H21BrN2O2/c1-3-4-8-17-13(18)10-19-14-11(9-16-2)6-5-7-12(14)15/h5-7,16H,3-4,8-10H2,1-2H3,(H,17,18). The Hall–Kier alpha value is -1.07. The third-order valence-corrected chi connectivity index (χ3v) is 3.24. The third kappa shape index (κ3) is 5.61. The summed E-state index contributed by atoms with van der Waals surface area (Å²) < 4.78 is 6.48. The Balaban J connectivity index is 2.54. The van der Waals surface area contributed by atoms with E-state index in [9.17, 15) is 4.79 Å². The molecule has 0 unspecified atom stereocenters. The molecule has 0 spiro atoms. The molecule has 0 aromatic heterocycles. The van der Waals surface area contributed by atoms with Crippen LogP contribution in [0.3, 0.4) is 0 Å². The number of carbonyl (C=O) groups is 1. The van der Waals surface area contributed by atoms with Gasteiger partial charge in [-0.05, 0) is 35.5 Å². The van der Waals surface area contributed by atoms with E-state index in [4.69, 9.17) is 4.74 Å². The second-order valence-corrected chi connectivity index (χ2v) is 5.10. The van der Waals surface area contributed by atoms with Gasteiger partial charge in [-0.3, -0.25) is 4.79 Å². The summed E-state index contributed by atoms with van der Waals surface area (Å²) in [5, 5.41) is 5.91. The lowest BCUT2D eigenvalue weighted by atomic mass is 10.2. The lowest BCUT2D eigenvalue weighted by Crippen LogP contribution is -2.29. The maximum Gasteiger partial charge on any atom is 0.257 e. The van der Waals surface area contributed by atoms with Crippen LogP contribution in [-0.4, -0.2) is 26.1 Å². The minimum absolute atomic E-state index is 0.0447. The van der Waals surface area contributed by atoms with Crippen molar-refractivity contribution in [2.45, 2.75) is 26.3 Å². The van der Waals surface area contributed by atoms with Crippen LogP contribution in [0.25, 0.3) is 0 Å². The highest BCUT2D eigenvalue weighted by molar-refractivity contribution is 9.10. The van der Waals surface area contributed by atoms with Crippen molar-refractivity contribution in [1.82, 2.24) is 10.6 Å². The van der Waals surface area contributed by atoms with Gasteiger partial charge in [0.05, 0.1) is 4.47 Å². The van der Waals surface area contributed by atoms with Crippen molar-refractivity contribution in [1.29, 1.82) is 0 Å². The van der Waals surface area contributed by atoms with Gasteiger partial charge in [0.25, 0.3) is 5.91 Å². The zero-order valence-electron chi connectivity index (χ0n) is 11.5. The first-order valence-corrected chi connectivity index (χ1v) is 7.29. The van der Waals surface area contributed by atoms with E-state index in [0.29, 0.717) is 13.1 Å². The molecular formula is C14H21BrN2O2. The van der Waals surface area contributed by atoms with E-state index in [1.54, 1.807) is 0 Å². The van der Waals surface area contributed by atoms with Crippen LogP contribution in [0.5, 0.6) is 5.75 Å². The molecule has 1 rings (SSSR count). The number of ether oxygens (including phenoxy) is 1. The number of benzene rings is 1. The number of halogens is 1. The number of unbranched alkanes of at least 4 members (excludes halogenated alkanes) is 1. The number of hydrogen-bond acceptors (Lipinski definition) is 3. The molecule has 0 radical (unpaired) electrons. The first-order chi connectivity index (χ1) is 9.19. The zero-order valence-corrected chi connectivity index (χ0v) is 13.0. The fourth-order valence-corrected chi connectivity index (χ4v) is 2.16. The van der Waals surface area contributed by atoms with E-state index in [-0.39, 0.29) is 12.5 Å². The summed E-state index contributed by atoms with van der Waals surface area (Å²) in [4.78, 5) is 11.6. The SMILES string of the molecule is CCCCNC(=O)COc1c(Br)cccc1CNC. The number of carbonyl (C=O) groups excluding carboxylic acids is 1. The first kappa shape index (κ1) is 16.0. The largest absolute Gasteiger partial charge is 0.482 e. The number of hydrogen-bond donors (Lipinski definition) is 2. The van der Waals surface area contributed by atoms with Gasteiger partial charge in [0.2, 0.25) is 0 Å². The molecule has 5 heteroatoms. The highest BCUT2D eigenvalue weighted by atomic mass is 79.9. The van der Waals surface area contributed by atoms with Crippen LogP contribution in [0.4, 0.5) is 0 Å². The summed E-state index contributed by atoms with van der Waals surface area (Å²) in [5.41, 5.74) is 1.03. The quantitative estimate of drug-likeness (QED) is 0.721. The van der Waals surface area contributed by atoms with Crippen molar-refractivity contribution in [3.8, 4) is 5.75 Å². The molecule has 19 heavy (non-hydrogen) atoms. The van der Waals surface area contributed by atoms with E-state index >= 15 is 0 Å². The summed E-state index contributed by atoms with van der Waals surface area (Å²) in [6.45, 7) is 3.54. The van der Waals surface area contributed by atoms with Crippen LogP contribution in [-0.2, 0) is 11.3 Å². The number of para-hydroxylation sites is 1. The normalized spacial score (nSPS) is 10.3. The lowest BCUT2D eigenvalue weighted by molar-refractivity contribution is -0.123. The van der Waals surface area contributed by atoms with Gasteiger partial charge in [0, 0.05) is 18.7 Å². The van der Waals surface area contributed by atoms with Crippen LogP contribution in [0.1, 0.15) is 25.3 Å². The minimum atomic E-state index is -0.0837. The van der Waals surface area contributed by atoms with Crippen LogP contribution >= 0.6 is 15.9 Å². The van der Waals surface area contributed by atoms with Crippen molar-refractivity contribution in [3.63, 3.8) is 0 Å². The third-order valence-electron chi connectivity index (χ3n) is 2.62. The maximum atomic E-state index is 11.6. The summed E-state index contributed by atoms with van der Waals surface area (Å²) in [7, 11) is 1.88. The molecule has 0 aliphatic carbocycles. The molecule has 0 fully saturated rings. The van der Waals surface area contributed by atoms with Crippen molar-refractivity contribution in [2.75, 3.05) is 20.2 Å². The summed E-state index contributed by atoms with van der Waals surface area (Å²) in [6.07, 6.45) is 2.06. The fraction of sp³-hybridized carbons (Fsp3) is 0.500.